The van der Waals surface area contributed by atoms with E-state index in [9.17, 15) is 4.79 Å². The highest BCUT2D eigenvalue weighted by atomic mass is 79.9. The number of hydrogen-bond acceptors (Lipinski definition) is 3. The van der Waals surface area contributed by atoms with E-state index in [1.807, 2.05) is 42.5 Å². The number of halogens is 1. The van der Waals surface area contributed by atoms with E-state index >= 15 is 0 Å². The first-order valence-electron chi connectivity index (χ1n) is 7.41. The van der Waals surface area contributed by atoms with Gasteiger partial charge >= 0.3 is 0 Å². The number of ether oxygens (including phenoxy) is 1. The van der Waals surface area contributed by atoms with Gasteiger partial charge in [-0.15, -0.1) is 11.8 Å². The van der Waals surface area contributed by atoms with Gasteiger partial charge < -0.3 is 10.1 Å². The summed E-state index contributed by atoms with van der Waals surface area (Å²) >= 11 is 5.06. The molecule has 2 aromatic carbocycles. The maximum atomic E-state index is 12.0. The molecule has 0 spiro atoms. The maximum absolute atomic E-state index is 12.0. The molecule has 0 radical (unpaired) electrons. The first-order chi connectivity index (χ1) is 11.1. The Morgan fingerprint density at radius 3 is 2.48 bits per heavy atom. The van der Waals surface area contributed by atoms with E-state index in [-0.39, 0.29) is 5.91 Å². The quantitative estimate of drug-likeness (QED) is 0.727. The zero-order valence-corrected chi connectivity index (χ0v) is 15.7. The van der Waals surface area contributed by atoms with Gasteiger partial charge in [0.05, 0.1) is 17.3 Å². The van der Waals surface area contributed by atoms with Crippen molar-refractivity contribution in [3.63, 3.8) is 0 Å². The van der Waals surface area contributed by atoms with E-state index in [0.29, 0.717) is 5.75 Å². The number of methoxy groups -OCH3 is 1. The Labute approximate surface area is 149 Å². The van der Waals surface area contributed by atoms with E-state index in [1.165, 1.54) is 5.56 Å². The van der Waals surface area contributed by atoms with Crippen LogP contribution in [0.1, 0.15) is 18.1 Å². The number of nitrogens with one attached hydrogen (secondary N) is 1. The molecule has 0 saturated heterocycles. The third-order valence-corrected chi connectivity index (χ3v) is 4.99. The minimum absolute atomic E-state index is 0.0202. The van der Waals surface area contributed by atoms with E-state index in [2.05, 4.69) is 28.2 Å². The highest BCUT2D eigenvalue weighted by Crippen LogP contribution is 2.27. The van der Waals surface area contributed by atoms with Gasteiger partial charge in [-0.05, 0) is 57.7 Å². The highest BCUT2D eigenvalue weighted by Gasteiger charge is 2.05. The summed E-state index contributed by atoms with van der Waals surface area (Å²) in [6, 6.07) is 13.9. The molecule has 0 unspecified atom stereocenters. The van der Waals surface area contributed by atoms with Crippen LogP contribution in [0.4, 0.5) is 5.69 Å². The molecule has 5 heteroatoms. The summed E-state index contributed by atoms with van der Waals surface area (Å²) in [5, 5.41) is 2.92. The van der Waals surface area contributed by atoms with E-state index < -0.39 is 0 Å². The van der Waals surface area contributed by atoms with Gasteiger partial charge in [-0.1, -0.05) is 25.1 Å². The number of thioether (sulfide) groups is 1. The minimum Gasteiger partial charge on any atom is -0.496 e. The topological polar surface area (TPSA) is 38.3 Å². The van der Waals surface area contributed by atoms with Gasteiger partial charge in [0.25, 0.3) is 0 Å². The van der Waals surface area contributed by atoms with Gasteiger partial charge in [0.15, 0.2) is 0 Å². The SMILES string of the molecule is CCc1ccc(NC(=O)CSCc2ccc(OC)c(Br)c2)cc1. The summed E-state index contributed by atoms with van der Waals surface area (Å²) in [7, 11) is 1.64. The van der Waals surface area contributed by atoms with Crippen molar-refractivity contribution in [1.82, 2.24) is 0 Å². The molecule has 1 amide bonds. The third-order valence-electron chi connectivity index (χ3n) is 3.36. The van der Waals surface area contributed by atoms with Crippen molar-refractivity contribution in [1.29, 1.82) is 0 Å². The lowest BCUT2D eigenvalue weighted by Gasteiger charge is -2.07. The number of hydrogen-bond donors (Lipinski definition) is 1. The molecule has 0 heterocycles. The van der Waals surface area contributed by atoms with Crippen molar-refractivity contribution in [2.45, 2.75) is 19.1 Å². The highest BCUT2D eigenvalue weighted by molar-refractivity contribution is 9.10. The molecule has 0 bridgehead atoms. The predicted molar refractivity (Wildman–Crippen MR) is 101 cm³/mol. The van der Waals surface area contributed by atoms with Crippen LogP contribution in [0.5, 0.6) is 5.75 Å². The maximum Gasteiger partial charge on any atom is 0.234 e. The fourth-order valence-electron chi connectivity index (χ4n) is 2.08. The molecule has 2 rings (SSSR count). The number of rotatable bonds is 7. The number of carbonyl (C=O) groups excluding carboxylic acids is 1. The van der Waals surface area contributed by atoms with Crippen LogP contribution in [0.25, 0.3) is 0 Å². The Morgan fingerprint density at radius 2 is 1.87 bits per heavy atom. The Kier molecular flexibility index (Phi) is 6.99. The number of anilines is 1. The second-order valence-electron chi connectivity index (χ2n) is 5.06. The zero-order valence-electron chi connectivity index (χ0n) is 13.3. The summed E-state index contributed by atoms with van der Waals surface area (Å²) in [5.41, 5.74) is 3.27. The summed E-state index contributed by atoms with van der Waals surface area (Å²) in [6.45, 7) is 2.11. The van der Waals surface area contributed by atoms with Crippen molar-refractivity contribution in [3.05, 3.63) is 58.1 Å². The van der Waals surface area contributed by atoms with Gasteiger partial charge in [-0.3, -0.25) is 4.79 Å². The lowest BCUT2D eigenvalue weighted by Crippen LogP contribution is -2.14. The largest absolute Gasteiger partial charge is 0.496 e. The molecule has 1 N–H and O–H groups in total. The summed E-state index contributed by atoms with van der Waals surface area (Å²) in [6.07, 6.45) is 1.00. The lowest BCUT2D eigenvalue weighted by atomic mass is 10.1. The van der Waals surface area contributed by atoms with Crippen LogP contribution in [-0.4, -0.2) is 18.8 Å². The normalized spacial score (nSPS) is 10.4. The minimum atomic E-state index is 0.0202. The monoisotopic (exact) mass is 393 g/mol. The number of amides is 1. The number of benzene rings is 2. The van der Waals surface area contributed by atoms with Crippen molar-refractivity contribution < 1.29 is 9.53 Å². The van der Waals surface area contributed by atoms with E-state index in [0.717, 1.165) is 33.6 Å². The molecule has 0 saturated carbocycles. The number of carbonyl (C=O) groups is 1. The molecule has 2 aromatic rings. The molecular weight excluding hydrogens is 374 g/mol. The second kappa shape index (κ2) is 8.99. The molecule has 0 atom stereocenters. The molecular formula is C18H20BrNO2S. The van der Waals surface area contributed by atoms with Gasteiger partial charge in [-0.25, -0.2) is 0 Å². The molecule has 0 aliphatic heterocycles. The smallest absolute Gasteiger partial charge is 0.234 e. The molecule has 0 aliphatic rings. The van der Waals surface area contributed by atoms with Crippen LogP contribution in [0.2, 0.25) is 0 Å². The molecule has 122 valence electrons. The van der Waals surface area contributed by atoms with Crippen molar-refractivity contribution in [2.24, 2.45) is 0 Å². The van der Waals surface area contributed by atoms with Gasteiger partial charge in [0.2, 0.25) is 5.91 Å². The van der Waals surface area contributed by atoms with Crippen LogP contribution in [-0.2, 0) is 17.0 Å². The van der Waals surface area contributed by atoms with Crippen molar-refractivity contribution in [2.75, 3.05) is 18.2 Å². The Balaban J connectivity index is 1.79. The predicted octanol–water partition coefficient (Wildman–Crippen LogP) is 4.89. The van der Waals surface area contributed by atoms with Crippen LogP contribution in [0.3, 0.4) is 0 Å². The lowest BCUT2D eigenvalue weighted by molar-refractivity contribution is -0.113. The Hall–Kier alpha value is -1.46. The average molecular weight is 394 g/mol. The first-order valence-corrected chi connectivity index (χ1v) is 9.36. The fourth-order valence-corrected chi connectivity index (χ4v) is 3.45. The standard InChI is InChI=1S/C18H20BrNO2S/c1-3-13-4-7-15(8-5-13)20-18(21)12-23-11-14-6-9-17(22-2)16(19)10-14/h4-10H,3,11-12H2,1-2H3,(H,20,21). The first kappa shape index (κ1) is 17.9. The molecule has 0 fully saturated rings. The average Bonchev–Trinajstić information content (AvgIpc) is 2.56. The third kappa shape index (κ3) is 5.59. The van der Waals surface area contributed by atoms with Crippen LogP contribution in [0.15, 0.2) is 46.9 Å². The Bertz CT molecular complexity index is 659. The van der Waals surface area contributed by atoms with Crippen molar-refractivity contribution >= 4 is 39.3 Å². The Morgan fingerprint density at radius 1 is 1.17 bits per heavy atom. The fraction of sp³-hybridized carbons (Fsp3) is 0.278. The van der Waals surface area contributed by atoms with Gasteiger partial charge in [0.1, 0.15) is 5.75 Å². The molecule has 0 aromatic heterocycles. The zero-order chi connectivity index (χ0) is 16.7. The van der Waals surface area contributed by atoms with Crippen LogP contribution < -0.4 is 10.1 Å². The molecule has 3 nitrogen and oxygen atoms in total. The van der Waals surface area contributed by atoms with Crippen LogP contribution in [0, 0.1) is 0 Å². The van der Waals surface area contributed by atoms with Crippen molar-refractivity contribution in [3.8, 4) is 5.75 Å². The van der Waals surface area contributed by atoms with Gasteiger partial charge in [-0.2, -0.15) is 0 Å². The van der Waals surface area contributed by atoms with Crippen LogP contribution >= 0.6 is 27.7 Å². The number of aryl methyl sites for hydroxylation is 1. The molecule has 0 aliphatic carbocycles. The van der Waals surface area contributed by atoms with E-state index in [1.54, 1.807) is 18.9 Å². The second-order valence-corrected chi connectivity index (χ2v) is 6.90. The summed E-state index contributed by atoms with van der Waals surface area (Å²) in [4.78, 5) is 12.0. The summed E-state index contributed by atoms with van der Waals surface area (Å²) in [5.74, 6) is 2.04. The summed E-state index contributed by atoms with van der Waals surface area (Å²) < 4.78 is 6.14. The van der Waals surface area contributed by atoms with Gasteiger partial charge in [0, 0.05) is 11.4 Å². The van der Waals surface area contributed by atoms with E-state index in [4.69, 9.17) is 4.74 Å². The molecule has 23 heavy (non-hydrogen) atoms.